The molecule has 1 amide bonds. The van der Waals surface area contributed by atoms with Crippen molar-refractivity contribution < 1.29 is 23.1 Å². The van der Waals surface area contributed by atoms with Crippen LogP contribution in [0.2, 0.25) is 0 Å². The third-order valence-corrected chi connectivity index (χ3v) is 7.16. The predicted octanol–water partition coefficient (Wildman–Crippen LogP) is 3.95. The molecule has 0 bridgehead atoms. The van der Waals surface area contributed by atoms with Crippen molar-refractivity contribution in [3.05, 3.63) is 89.4 Å². The van der Waals surface area contributed by atoms with E-state index in [1.165, 1.54) is 18.3 Å². The van der Waals surface area contributed by atoms with Crippen LogP contribution in [0.25, 0.3) is 16.8 Å². The van der Waals surface area contributed by atoms with Gasteiger partial charge < -0.3 is 16.2 Å². The standard InChI is InChI=1S/C27H23F3N8O2/c1-37-19-3-2-9-26(40,18(19)14-34-37)25-36-21(22-23(31)33-11-12-38(22)25)15-4-6-16(7-5-15)24(39)35-20-13-17(8-10-32-20)27(28,29)30/h4-8,10-14,40H,2-3,9H2,1H3,(H2,31,33)(H,32,35,39)/t26-/m0/s1. The van der Waals surface area contributed by atoms with E-state index < -0.39 is 23.2 Å². The fraction of sp³-hybridized carbons (Fsp3) is 0.222. The van der Waals surface area contributed by atoms with E-state index in [1.807, 2.05) is 7.05 Å². The minimum absolute atomic E-state index is 0.198. The molecule has 0 radical (unpaired) electrons. The Morgan fingerprint density at radius 1 is 1.15 bits per heavy atom. The third-order valence-electron chi connectivity index (χ3n) is 7.16. The molecule has 0 unspecified atom stereocenters. The van der Waals surface area contributed by atoms with E-state index in [9.17, 15) is 23.1 Å². The third kappa shape index (κ3) is 4.14. The van der Waals surface area contributed by atoms with E-state index >= 15 is 0 Å². The predicted molar refractivity (Wildman–Crippen MR) is 139 cm³/mol. The van der Waals surface area contributed by atoms with Gasteiger partial charge in [-0.15, -0.1) is 0 Å². The molecule has 204 valence electrons. The van der Waals surface area contributed by atoms with Crippen molar-refractivity contribution in [2.75, 3.05) is 11.1 Å². The van der Waals surface area contributed by atoms with Crippen LogP contribution in [0.3, 0.4) is 0 Å². The molecule has 1 aliphatic rings. The van der Waals surface area contributed by atoms with Crippen molar-refractivity contribution in [3.8, 4) is 11.3 Å². The average molecular weight is 549 g/mol. The van der Waals surface area contributed by atoms with Gasteiger partial charge in [0.2, 0.25) is 0 Å². The lowest BCUT2D eigenvalue weighted by Gasteiger charge is -2.31. The number of fused-ring (bicyclic) bond motifs is 2. The van der Waals surface area contributed by atoms with Gasteiger partial charge in [0.05, 0.1) is 11.8 Å². The molecule has 1 atom stereocenters. The highest BCUT2D eigenvalue weighted by molar-refractivity contribution is 6.04. The fourth-order valence-corrected chi connectivity index (χ4v) is 5.18. The Morgan fingerprint density at radius 2 is 1.93 bits per heavy atom. The first-order valence-corrected chi connectivity index (χ1v) is 12.4. The molecule has 0 saturated heterocycles. The maximum Gasteiger partial charge on any atom is 0.416 e. The molecule has 4 N–H and O–H groups in total. The number of aliphatic hydroxyl groups is 1. The lowest BCUT2D eigenvalue weighted by molar-refractivity contribution is -0.137. The minimum Gasteiger partial charge on any atom is -0.382 e. The summed E-state index contributed by atoms with van der Waals surface area (Å²) in [4.78, 5) is 25.6. The van der Waals surface area contributed by atoms with Crippen molar-refractivity contribution in [3.63, 3.8) is 0 Å². The van der Waals surface area contributed by atoms with Gasteiger partial charge >= 0.3 is 6.18 Å². The summed E-state index contributed by atoms with van der Waals surface area (Å²) < 4.78 is 42.5. The number of hydrogen-bond donors (Lipinski definition) is 3. The average Bonchev–Trinajstić information content (AvgIpc) is 3.52. The molecule has 0 aliphatic heterocycles. The second-order valence-corrected chi connectivity index (χ2v) is 9.62. The van der Waals surface area contributed by atoms with Crippen LogP contribution in [0.4, 0.5) is 24.8 Å². The van der Waals surface area contributed by atoms with E-state index in [4.69, 9.17) is 10.7 Å². The summed E-state index contributed by atoms with van der Waals surface area (Å²) in [7, 11) is 1.84. The van der Waals surface area contributed by atoms with Crippen LogP contribution in [0.5, 0.6) is 0 Å². The summed E-state index contributed by atoms with van der Waals surface area (Å²) in [6.45, 7) is 0. The van der Waals surface area contributed by atoms with Gasteiger partial charge in [0.1, 0.15) is 22.8 Å². The molecule has 4 heterocycles. The Kier molecular flexibility index (Phi) is 5.84. The Hall–Kier alpha value is -4.78. The van der Waals surface area contributed by atoms with Gasteiger partial charge in [0.25, 0.3) is 5.91 Å². The van der Waals surface area contributed by atoms with Crippen molar-refractivity contribution in [2.24, 2.45) is 7.05 Å². The zero-order valence-electron chi connectivity index (χ0n) is 21.1. The Balaban J connectivity index is 1.36. The van der Waals surface area contributed by atoms with Crippen molar-refractivity contribution in [1.29, 1.82) is 0 Å². The van der Waals surface area contributed by atoms with Crippen LogP contribution in [-0.4, -0.2) is 40.1 Å². The van der Waals surface area contributed by atoms with E-state index in [0.29, 0.717) is 34.6 Å². The number of nitrogens with two attached hydrogens (primary N) is 1. The molecule has 1 aliphatic carbocycles. The van der Waals surface area contributed by atoms with Crippen LogP contribution in [0.1, 0.15) is 45.8 Å². The number of imidazole rings is 1. The maximum atomic E-state index is 13.0. The highest BCUT2D eigenvalue weighted by atomic mass is 19.4. The summed E-state index contributed by atoms with van der Waals surface area (Å²) in [5.41, 5.74) is 7.30. The highest BCUT2D eigenvalue weighted by Gasteiger charge is 2.42. The number of halogens is 3. The molecule has 10 nitrogen and oxygen atoms in total. The normalized spacial score (nSPS) is 17.1. The van der Waals surface area contributed by atoms with E-state index in [0.717, 1.165) is 36.9 Å². The molecule has 0 spiro atoms. The van der Waals surface area contributed by atoms with Crippen LogP contribution in [0.15, 0.2) is 61.2 Å². The lowest BCUT2D eigenvalue weighted by Crippen LogP contribution is -2.34. The van der Waals surface area contributed by atoms with Gasteiger partial charge in [-0.2, -0.15) is 18.3 Å². The van der Waals surface area contributed by atoms with Crippen LogP contribution in [0, 0.1) is 0 Å². The zero-order chi connectivity index (χ0) is 28.2. The molecular formula is C27H23F3N8O2. The topological polar surface area (TPSA) is 136 Å². The number of nitrogen functional groups attached to an aromatic ring is 1. The van der Waals surface area contributed by atoms with Crippen molar-refractivity contribution >= 4 is 23.1 Å². The number of amides is 1. The smallest absolute Gasteiger partial charge is 0.382 e. The number of carbonyl (C=O) groups is 1. The number of benzene rings is 1. The Morgan fingerprint density at radius 3 is 2.67 bits per heavy atom. The number of aryl methyl sites for hydroxylation is 1. The van der Waals surface area contributed by atoms with E-state index in [1.54, 1.807) is 33.6 Å². The number of nitrogens with zero attached hydrogens (tertiary/aromatic N) is 6. The Bertz CT molecular complexity index is 1760. The second-order valence-electron chi connectivity index (χ2n) is 9.62. The first kappa shape index (κ1) is 25.5. The summed E-state index contributed by atoms with van der Waals surface area (Å²) in [6.07, 6.45) is 3.26. The number of alkyl halides is 3. The molecule has 0 saturated carbocycles. The van der Waals surface area contributed by atoms with Crippen LogP contribution >= 0.6 is 0 Å². The van der Waals surface area contributed by atoms with Gasteiger partial charge in [-0.05, 0) is 43.5 Å². The molecule has 40 heavy (non-hydrogen) atoms. The summed E-state index contributed by atoms with van der Waals surface area (Å²) >= 11 is 0. The first-order chi connectivity index (χ1) is 19.1. The zero-order valence-corrected chi connectivity index (χ0v) is 21.1. The molecule has 5 aromatic rings. The van der Waals surface area contributed by atoms with Crippen LogP contribution in [-0.2, 0) is 25.2 Å². The van der Waals surface area contributed by atoms with Gasteiger partial charge in [0.15, 0.2) is 11.4 Å². The molecule has 13 heteroatoms. The number of pyridine rings is 1. The number of aromatic nitrogens is 6. The number of hydrogen-bond acceptors (Lipinski definition) is 7. The summed E-state index contributed by atoms with van der Waals surface area (Å²) in [5, 5.41) is 18.7. The summed E-state index contributed by atoms with van der Waals surface area (Å²) in [5.74, 6) is -0.268. The molecule has 4 aromatic heterocycles. The largest absolute Gasteiger partial charge is 0.416 e. The monoisotopic (exact) mass is 548 g/mol. The fourth-order valence-electron chi connectivity index (χ4n) is 5.18. The minimum atomic E-state index is -4.56. The quantitative estimate of drug-likeness (QED) is 0.309. The highest BCUT2D eigenvalue weighted by Crippen LogP contribution is 2.42. The van der Waals surface area contributed by atoms with Gasteiger partial charge in [-0.3, -0.25) is 13.9 Å². The van der Waals surface area contributed by atoms with Crippen molar-refractivity contribution in [2.45, 2.75) is 31.0 Å². The molecule has 6 rings (SSSR count). The van der Waals surface area contributed by atoms with E-state index in [-0.39, 0.29) is 17.2 Å². The number of nitrogens with one attached hydrogen (secondary N) is 1. The van der Waals surface area contributed by atoms with Gasteiger partial charge in [-0.25, -0.2) is 15.0 Å². The number of rotatable bonds is 4. The Labute approximate surface area is 225 Å². The molecular weight excluding hydrogens is 525 g/mol. The second kappa shape index (κ2) is 9.16. The molecule has 0 fully saturated rings. The molecule has 1 aromatic carbocycles. The first-order valence-electron chi connectivity index (χ1n) is 12.4. The summed E-state index contributed by atoms with van der Waals surface area (Å²) in [6, 6.07) is 7.92. The number of carbonyl (C=O) groups excluding carboxylic acids is 1. The maximum absolute atomic E-state index is 13.0. The van der Waals surface area contributed by atoms with E-state index in [2.05, 4.69) is 20.4 Å². The SMILES string of the molecule is Cn1ncc2c1CCC[C@@]2(O)c1nc(-c2ccc(C(=O)Nc3cc(C(F)(F)F)ccn3)cc2)c2c(N)nccn12. The van der Waals surface area contributed by atoms with Crippen LogP contribution < -0.4 is 11.1 Å². The van der Waals surface area contributed by atoms with Crippen molar-refractivity contribution in [1.82, 2.24) is 29.1 Å². The number of anilines is 2. The van der Waals surface area contributed by atoms with Gasteiger partial charge in [0, 0.05) is 48.0 Å². The lowest BCUT2D eigenvalue weighted by atomic mass is 9.82. The van der Waals surface area contributed by atoms with Gasteiger partial charge in [-0.1, -0.05) is 12.1 Å².